The molecule has 2 N–H and O–H groups in total. The molecule has 1 aromatic rings. The molecular weight excluding hydrogens is 132 g/mol. The van der Waals surface area contributed by atoms with Crippen molar-refractivity contribution in [2.24, 2.45) is 0 Å². The molecule has 1 rings (SSSR count). The number of hydrogen-bond donors (Lipinski definition) is 1. The third-order valence-corrected chi connectivity index (χ3v) is 1.58. The van der Waals surface area contributed by atoms with Crippen LogP contribution in [-0.2, 0) is 0 Å². The molecule has 0 saturated carbocycles. The van der Waals surface area contributed by atoms with Gasteiger partial charge in [0.1, 0.15) is 10.9 Å². The fourth-order valence-electron chi connectivity index (χ4n) is 0.410. The fourth-order valence-corrected chi connectivity index (χ4v) is 0.997. The number of nitrogen functional groups attached to an aromatic ring is 1. The van der Waals surface area contributed by atoms with Crippen molar-refractivity contribution >= 4 is 17.0 Å². The molecule has 3 heteroatoms. The second kappa shape index (κ2) is 3.10. The maximum absolute atomic E-state index is 8.26. The SMILES string of the molecule is C.N#Cc1cc(N)cs1. The molecule has 0 radical (unpaired) electrons. The van der Waals surface area contributed by atoms with E-state index in [1.54, 1.807) is 11.4 Å². The van der Waals surface area contributed by atoms with Crippen molar-refractivity contribution in [1.82, 2.24) is 0 Å². The lowest BCUT2D eigenvalue weighted by Gasteiger charge is -1.70. The smallest absolute Gasteiger partial charge is 0.110 e. The summed E-state index contributed by atoms with van der Waals surface area (Å²) in [5.74, 6) is 0. The van der Waals surface area contributed by atoms with Gasteiger partial charge in [-0.25, -0.2) is 0 Å². The van der Waals surface area contributed by atoms with Crippen molar-refractivity contribution in [3.05, 3.63) is 16.3 Å². The van der Waals surface area contributed by atoms with Crippen LogP contribution in [0.2, 0.25) is 0 Å². The van der Waals surface area contributed by atoms with Crippen molar-refractivity contribution in [2.75, 3.05) is 5.73 Å². The maximum Gasteiger partial charge on any atom is 0.110 e. The highest BCUT2D eigenvalue weighted by Crippen LogP contribution is 2.13. The van der Waals surface area contributed by atoms with E-state index in [1.807, 2.05) is 6.07 Å². The Balaban J connectivity index is 0.000000640. The molecule has 0 spiro atoms. The fraction of sp³-hybridized carbons (Fsp3) is 0.167. The van der Waals surface area contributed by atoms with Gasteiger partial charge in [-0.2, -0.15) is 5.26 Å². The number of nitrogens with zero attached hydrogens (tertiary/aromatic N) is 1. The van der Waals surface area contributed by atoms with Crippen LogP contribution in [0.3, 0.4) is 0 Å². The van der Waals surface area contributed by atoms with E-state index in [4.69, 9.17) is 11.0 Å². The summed E-state index contributed by atoms with van der Waals surface area (Å²) in [6.45, 7) is 0. The van der Waals surface area contributed by atoms with E-state index >= 15 is 0 Å². The first-order valence-electron chi connectivity index (χ1n) is 2.07. The standard InChI is InChI=1S/C5H4N2S.CH4/c6-2-5-1-4(7)3-8-5;/h1,3H,7H2;1H4. The molecule has 1 heterocycles. The van der Waals surface area contributed by atoms with Gasteiger partial charge in [0.15, 0.2) is 0 Å². The van der Waals surface area contributed by atoms with Gasteiger partial charge >= 0.3 is 0 Å². The zero-order valence-electron chi connectivity index (χ0n) is 4.09. The van der Waals surface area contributed by atoms with E-state index in [0.29, 0.717) is 10.6 Å². The third-order valence-electron chi connectivity index (χ3n) is 0.730. The van der Waals surface area contributed by atoms with Crippen molar-refractivity contribution in [2.45, 2.75) is 7.43 Å². The summed E-state index contributed by atoms with van der Waals surface area (Å²) in [4.78, 5) is 0.669. The number of rotatable bonds is 0. The number of nitriles is 1. The van der Waals surface area contributed by atoms with Crippen LogP contribution in [0.1, 0.15) is 12.3 Å². The molecule has 0 bridgehead atoms. The highest BCUT2D eigenvalue weighted by Gasteiger charge is 1.90. The molecule has 0 aromatic carbocycles. The molecule has 0 aliphatic heterocycles. The van der Waals surface area contributed by atoms with Gasteiger partial charge in [0, 0.05) is 11.1 Å². The zero-order chi connectivity index (χ0) is 5.98. The van der Waals surface area contributed by atoms with Gasteiger partial charge in [-0.05, 0) is 6.07 Å². The molecular formula is C6H8N2S. The van der Waals surface area contributed by atoms with Gasteiger partial charge in [0.05, 0.1) is 0 Å². The second-order valence-electron chi connectivity index (χ2n) is 1.36. The molecule has 48 valence electrons. The van der Waals surface area contributed by atoms with Crippen LogP contribution in [0.15, 0.2) is 11.4 Å². The summed E-state index contributed by atoms with van der Waals surface area (Å²) in [5, 5.41) is 10.0. The van der Waals surface area contributed by atoms with E-state index in [2.05, 4.69) is 0 Å². The maximum atomic E-state index is 8.26. The van der Waals surface area contributed by atoms with E-state index in [0.717, 1.165) is 0 Å². The predicted octanol–water partition coefficient (Wildman–Crippen LogP) is 1.84. The van der Waals surface area contributed by atoms with Crippen LogP contribution in [0, 0.1) is 11.3 Å². The predicted molar refractivity (Wildman–Crippen MR) is 40.2 cm³/mol. The summed E-state index contributed by atoms with van der Waals surface area (Å²) in [6.07, 6.45) is 0. The van der Waals surface area contributed by atoms with E-state index in [1.165, 1.54) is 11.3 Å². The molecule has 9 heavy (non-hydrogen) atoms. The highest BCUT2D eigenvalue weighted by molar-refractivity contribution is 7.11. The van der Waals surface area contributed by atoms with Crippen molar-refractivity contribution in [1.29, 1.82) is 5.26 Å². The number of nitrogens with two attached hydrogens (primary N) is 1. The first-order chi connectivity index (χ1) is 3.83. The average Bonchev–Trinajstić information content (AvgIpc) is 2.14. The Morgan fingerprint density at radius 3 is 2.56 bits per heavy atom. The van der Waals surface area contributed by atoms with Crippen LogP contribution >= 0.6 is 11.3 Å². The lowest BCUT2D eigenvalue weighted by molar-refractivity contribution is 1.52. The summed E-state index contributed by atoms with van der Waals surface area (Å²) < 4.78 is 0. The Hall–Kier alpha value is -1.01. The Morgan fingerprint density at radius 2 is 2.33 bits per heavy atom. The Labute approximate surface area is 58.5 Å². The first kappa shape index (κ1) is 7.99. The second-order valence-corrected chi connectivity index (χ2v) is 2.27. The van der Waals surface area contributed by atoms with Crippen molar-refractivity contribution in [3.63, 3.8) is 0 Å². The van der Waals surface area contributed by atoms with Crippen molar-refractivity contribution in [3.8, 4) is 6.07 Å². The Bertz CT molecular complexity index is 221. The summed E-state index contributed by atoms with van der Waals surface area (Å²) >= 11 is 1.36. The van der Waals surface area contributed by atoms with Gasteiger partial charge in [-0.3, -0.25) is 0 Å². The zero-order valence-corrected chi connectivity index (χ0v) is 4.90. The summed E-state index contributed by atoms with van der Waals surface area (Å²) in [6, 6.07) is 3.64. The summed E-state index contributed by atoms with van der Waals surface area (Å²) in [7, 11) is 0. The van der Waals surface area contributed by atoms with Crippen LogP contribution in [0.4, 0.5) is 5.69 Å². The van der Waals surface area contributed by atoms with Gasteiger partial charge < -0.3 is 5.73 Å². The largest absolute Gasteiger partial charge is 0.398 e. The molecule has 0 aliphatic rings. The Morgan fingerprint density at radius 1 is 1.67 bits per heavy atom. The van der Waals surface area contributed by atoms with Crippen LogP contribution in [0.5, 0.6) is 0 Å². The highest BCUT2D eigenvalue weighted by atomic mass is 32.1. The van der Waals surface area contributed by atoms with E-state index in [-0.39, 0.29) is 7.43 Å². The molecule has 0 aliphatic carbocycles. The minimum atomic E-state index is 0. The summed E-state index contributed by atoms with van der Waals surface area (Å²) in [5.41, 5.74) is 5.99. The van der Waals surface area contributed by atoms with E-state index < -0.39 is 0 Å². The topological polar surface area (TPSA) is 49.8 Å². The molecule has 1 aromatic heterocycles. The van der Waals surface area contributed by atoms with Crippen molar-refractivity contribution < 1.29 is 0 Å². The first-order valence-corrected chi connectivity index (χ1v) is 2.95. The number of thiophene rings is 1. The molecule has 0 unspecified atom stereocenters. The lowest BCUT2D eigenvalue weighted by atomic mass is 10.5. The molecule has 0 amide bonds. The van der Waals surface area contributed by atoms with Gasteiger partial charge in [-0.15, -0.1) is 11.3 Å². The van der Waals surface area contributed by atoms with E-state index in [9.17, 15) is 0 Å². The van der Waals surface area contributed by atoms with Gasteiger partial charge in [-0.1, -0.05) is 7.43 Å². The monoisotopic (exact) mass is 140 g/mol. The normalized spacial score (nSPS) is 7.44. The minimum absolute atomic E-state index is 0. The van der Waals surface area contributed by atoms with Crippen LogP contribution in [-0.4, -0.2) is 0 Å². The average molecular weight is 140 g/mol. The molecule has 0 saturated heterocycles. The number of hydrogen-bond acceptors (Lipinski definition) is 3. The molecule has 0 fully saturated rings. The van der Waals surface area contributed by atoms with Gasteiger partial charge in [0.2, 0.25) is 0 Å². The molecule has 0 atom stereocenters. The third kappa shape index (κ3) is 1.74. The van der Waals surface area contributed by atoms with Crippen LogP contribution in [0.25, 0.3) is 0 Å². The Kier molecular flexibility index (Phi) is 2.75. The van der Waals surface area contributed by atoms with Gasteiger partial charge in [0.25, 0.3) is 0 Å². The number of anilines is 1. The minimum Gasteiger partial charge on any atom is -0.398 e. The van der Waals surface area contributed by atoms with Crippen LogP contribution < -0.4 is 5.73 Å². The lowest BCUT2D eigenvalue weighted by Crippen LogP contribution is -1.75. The molecule has 2 nitrogen and oxygen atoms in total. The quantitative estimate of drug-likeness (QED) is 0.597.